The maximum absolute atomic E-state index is 12.4. The van der Waals surface area contributed by atoms with Crippen LogP contribution in [0.2, 0.25) is 0 Å². The molecule has 186 valence electrons. The summed E-state index contributed by atoms with van der Waals surface area (Å²) < 4.78 is 6.32. The summed E-state index contributed by atoms with van der Waals surface area (Å²) in [4.78, 5) is 41.8. The molecule has 0 bridgehead atoms. The fourth-order valence-electron chi connectivity index (χ4n) is 4.56. The van der Waals surface area contributed by atoms with E-state index in [9.17, 15) is 9.59 Å². The highest BCUT2D eigenvalue weighted by molar-refractivity contribution is 5.98. The minimum Gasteiger partial charge on any atom is -0.491 e. The number of aromatic amines is 1. The first-order valence-electron chi connectivity index (χ1n) is 11.9. The van der Waals surface area contributed by atoms with E-state index < -0.39 is 11.9 Å². The first kappa shape index (κ1) is 23.5. The van der Waals surface area contributed by atoms with E-state index in [2.05, 4.69) is 30.2 Å². The minimum atomic E-state index is -0.823. The molecule has 11 heteroatoms. The molecular weight excluding hydrogens is 460 g/mol. The number of nitrogens with zero attached hydrogens (tertiary/aromatic N) is 4. The maximum Gasteiger partial charge on any atom is 0.241 e. The van der Waals surface area contributed by atoms with Crippen molar-refractivity contribution in [1.82, 2.24) is 19.9 Å². The second kappa shape index (κ2) is 10.2. The smallest absolute Gasteiger partial charge is 0.241 e. The Labute approximate surface area is 207 Å². The number of H-pyrrole nitrogens is 1. The van der Waals surface area contributed by atoms with Gasteiger partial charge in [0.15, 0.2) is 11.5 Å². The normalized spacial score (nSPS) is 16.4. The van der Waals surface area contributed by atoms with Crippen LogP contribution in [0.1, 0.15) is 25.7 Å². The third-order valence-electron chi connectivity index (χ3n) is 6.43. The molecule has 2 atom stereocenters. The third kappa shape index (κ3) is 4.91. The van der Waals surface area contributed by atoms with Crippen molar-refractivity contribution in [3.63, 3.8) is 0 Å². The molecule has 1 aliphatic rings. The van der Waals surface area contributed by atoms with Gasteiger partial charge in [0, 0.05) is 24.0 Å². The van der Waals surface area contributed by atoms with Crippen LogP contribution >= 0.6 is 0 Å². The average Bonchev–Trinajstić information content (AvgIpc) is 3.55. The van der Waals surface area contributed by atoms with Gasteiger partial charge >= 0.3 is 0 Å². The average molecular weight is 489 g/mol. The number of imidazole rings is 1. The number of rotatable bonds is 9. The Hall–Kier alpha value is -4.25. The summed E-state index contributed by atoms with van der Waals surface area (Å²) in [6, 6.07) is 10.8. The Kier molecular flexibility index (Phi) is 6.63. The largest absolute Gasteiger partial charge is 0.491 e. The maximum atomic E-state index is 12.4. The lowest BCUT2D eigenvalue weighted by atomic mass is 10.1. The molecule has 0 spiro atoms. The number of anilines is 2. The van der Waals surface area contributed by atoms with Crippen molar-refractivity contribution in [3.8, 4) is 5.75 Å². The summed E-state index contributed by atoms with van der Waals surface area (Å²) in [5.41, 5.74) is 13.1. The van der Waals surface area contributed by atoms with Gasteiger partial charge in [-0.2, -0.15) is 0 Å². The fraction of sp³-hybridized carbons (Fsp3) is 0.320. The topological polar surface area (TPSA) is 165 Å². The Balaban J connectivity index is 1.31. The number of nitrogens with one attached hydrogen (secondary N) is 2. The fourth-order valence-corrected chi connectivity index (χ4v) is 4.56. The molecule has 36 heavy (non-hydrogen) atoms. The number of carbonyl (C=O) groups is 2. The molecule has 1 fully saturated rings. The number of amides is 2. The first-order valence-corrected chi connectivity index (χ1v) is 11.9. The zero-order valence-electron chi connectivity index (χ0n) is 19.7. The molecule has 0 aliphatic carbocycles. The van der Waals surface area contributed by atoms with Gasteiger partial charge in [-0.15, -0.1) is 0 Å². The molecule has 5 rings (SSSR count). The minimum absolute atomic E-state index is 0.0589. The van der Waals surface area contributed by atoms with Gasteiger partial charge in [0.1, 0.15) is 24.2 Å². The van der Waals surface area contributed by atoms with E-state index in [-0.39, 0.29) is 24.8 Å². The van der Waals surface area contributed by atoms with Crippen LogP contribution in [0.5, 0.6) is 5.75 Å². The molecule has 11 nitrogen and oxygen atoms in total. The SMILES string of the molecule is NC(=O)CCC(N)C(=O)Nc1ccc2cccc(OCC3CCCN3c3ncnc4nc[nH]c34)c2c1. The molecule has 2 amide bonds. The van der Waals surface area contributed by atoms with E-state index in [1.54, 1.807) is 6.33 Å². The second-order valence-electron chi connectivity index (χ2n) is 8.89. The number of hydrogen-bond acceptors (Lipinski definition) is 8. The Morgan fingerprint density at radius 2 is 2.11 bits per heavy atom. The number of carbonyl (C=O) groups excluding carboxylic acids is 2. The van der Waals surface area contributed by atoms with Gasteiger partial charge in [-0.05, 0) is 42.8 Å². The van der Waals surface area contributed by atoms with Gasteiger partial charge in [0.25, 0.3) is 0 Å². The van der Waals surface area contributed by atoms with Gasteiger partial charge in [-0.3, -0.25) is 9.59 Å². The van der Waals surface area contributed by atoms with E-state index in [1.165, 1.54) is 6.33 Å². The molecule has 2 aromatic heterocycles. The highest BCUT2D eigenvalue weighted by atomic mass is 16.5. The summed E-state index contributed by atoms with van der Waals surface area (Å²) in [5.74, 6) is 0.702. The number of aromatic nitrogens is 4. The molecule has 1 saturated heterocycles. The number of benzene rings is 2. The van der Waals surface area contributed by atoms with Gasteiger partial charge in [-0.25, -0.2) is 15.0 Å². The van der Waals surface area contributed by atoms with Crippen LogP contribution in [0.25, 0.3) is 21.9 Å². The van der Waals surface area contributed by atoms with Gasteiger partial charge < -0.3 is 31.4 Å². The van der Waals surface area contributed by atoms with Crippen LogP contribution in [0.15, 0.2) is 49.1 Å². The zero-order valence-corrected chi connectivity index (χ0v) is 19.7. The van der Waals surface area contributed by atoms with E-state index in [1.807, 2.05) is 36.4 Å². The number of fused-ring (bicyclic) bond motifs is 2. The van der Waals surface area contributed by atoms with E-state index >= 15 is 0 Å². The lowest BCUT2D eigenvalue weighted by Crippen LogP contribution is -2.36. The molecule has 2 unspecified atom stereocenters. The third-order valence-corrected chi connectivity index (χ3v) is 6.43. The Morgan fingerprint density at radius 1 is 1.22 bits per heavy atom. The number of hydrogen-bond donors (Lipinski definition) is 4. The molecule has 0 saturated carbocycles. The molecule has 6 N–H and O–H groups in total. The highest BCUT2D eigenvalue weighted by Crippen LogP contribution is 2.31. The Bertz CT molecular complexity index is 1400. The van der Waals surface area contributed by atoms with Crippen LogP contribution in [-0.4, -0.2) is 57.0 Å². The van der Waals surface area contributed by atoms with Crippen LogP contribution in [0.4, 0.5) is 11.5 Å². The van der Waals surface area contributed by atoms with Gasteiger partial charge in [0.05, 0.1) is 18.4 Å². The summed E-state index contributed by atoms with van der Waals surface area (Å²) in [5, 5.41) is 4.69. The standard InChI is InChI=1S/C25H28N8O3/c26-19(8-9-21(27)34)25(35)32-16-7-6-15-3-1-5-20(18(15)11-16)36-12-17-4-2-10-33(17)24-22-23(29-13-28-22)30-14-31-24/h1,3,5-7,11,13-14,17,19H,2,4,8-10,12,26H2,(H2,27,34)(H,32,35)(H,28,29,30,31). The van der Waals surface area contributed by atoms with Crippen molar-refractivity contribution in [3.05, 3.63) is 49.1 Å². The predicted molar refractivity (Wildman–Crippen MR) is 137 cm³/mol. The van der Waals surface area contributed by atoms with Crippen molar-refractivity contribution in [2.45, 2.75) is 37.8 Å². The van der Waals surface area contributed by atoms with E-state index in [0.29, 0.717) is 17.9 Å². The monoisotopic (exact) mass is 488 g/mol. The van der Waals surface area contributed by atoms with Crippen molar-refractivity contribution < 1.29 is 14.3 Å². The van der Waals surface area contributed by atoms with Gasteiger partial charge in [-0.1, -0.05) is 18.2 Å². The summed E-state index contributed by atoms with van der Waals surface area (Å²) >= 11 is 0. The van der Waals surface area contributed by atoms with E-state index in [4.69, 9.17) is 16.2 Å². The quantitative estimate of drug-likeness (QED) is 0.278. The van der Waals surface area contributed by atoms with Crippen LogP contribution in [0, 0.1) is 0 Å². The van der Waals surface area contributed by atoms with E-state index in [0.717, 1.165) is 47.2 Å². The van der Waals surface area contributed by atoms with Crippen molar-refractivity contribution in [2.75, 3.05) is 23.4 Å². The molecule has 0 radical (unpaired) electrons. The first-order chi connectivity index (χ1) is 17.5. The number of nitrogens with two attached hydrogens (primary N) is 2. The lowest BCUT2D eigenvalue weighted by Gasteiger charge is -2.26. The second-order valence-corrected chi connectivity index (χ2v) is 8.89. The van der Waals surface area contributed by atoms with Crippen LogP contribution in [-0.2, 0) is 9.59 Å². The summed E-state index contributed by atoms with van der Waals surface area (Å²) in [6.07, 6.45) is 5.43. The summed E-state index contributed by atoms with van der Waals surface area (Å²) in [7, 11) is 0. The predicted octanol–water partition coefficient (Wildman–Crippen LogP) is 2.09. The summed E-state index contributed by atoms with van der Waals surface area (Å²) in [6.45, 7) is 1.36. The number of primary amides is 1. The molecule has 2 aromatic carbocycles. The zero-order chi connectivity index (χ0) is 25.1. The van der Waals surface area contributed by atoms with Gasteiger partial charge in [0.2, 0.25) is 11.8 Å². The van der Waals surface area contributed by atoms with Crippen LogP contribution < -0.4 is 26.4 Å². The highest BCUT2D eigenvalue weighted by Gasteiger charge is 2.28. The Morgan fingerprint density at radius 3 is 2.97 bits per heavy atom. The number of ether oxygens (including phenoxy) is 1. The molecule has 1 aliphatic heterocycles. The molecule has 4 aromatic rings. The van der Waals surface area contributed by atoms with Crippen molar-refractivity contribution in [1.29, 1.82) is 0 Å². The lowest BCUT2D eigenvalue weighted by molar-refractivity contribution is -0.119. The molecule has 3 heterocycles. The van der Waals surface area contributed by atoms with Crippen molar-refractivity contribution >= 4 is 45.3 Å². The molecular formula is C25H28N8O3. The van der Waals surface area contributed by atoms with Crippen LogP contribution in [0.3, 0.4) is 0 Å². The van der Waals surface area contributed by atoms with Crippen molar-refractivity contribution in [2.24, 2.45) is 11.5 Å².